The molecule has 0 saturated heterocycles. The fraction of sp³-hybridized carbons (Fsp3) is 0.455. The van der Waals surface area contributed by atoms with E-state index in [2.05, 4.69) is 0 Å². The minimum Gasteiger partial charge on any atom is -0.507 e. The lowest BCUT2D eigenvalue weighted by Gasteiger charge is -2.18. The van der Waals surface area contributed by atoms with Gasteiger partial charge in [-0.15, -0.1) is 0 Å². The molecule has 16 heavy (non-hydrogen) atoms. The van der Waals surface area contributed by atoms with E-state index in [9.17, 15) is 18.3 Å². The molecule has 0 saturated carbocycles. The minimum absolute atomic E-state index is 0.265. The Labute approximate surface area is 91.9 Å². The van der Waals surface area contributed by atoms with Gasteiger partial charge in [0.05, 0.1) is 0 Å². The third-order valence-electron chi connectivity index (χ3n) is 2.36. The van der Waals surface area contributed by atoms with Gasteiger partial charge >= 0.3 is 6.18 Å². The molecule has 0 radical (unpaired) electrons. The van der Waals surface area contributed by atoms with Gasteiger partial charge in [-0.1, -0.05) is 31.5 Å². The second-order valence-electron chi connectivity index (χ2n) is 3.62. The summed E-state index contributed by atoms with van der Waals surface area (Å²) in [6.45, 7) is 1.88. The van der Waals surface area contributed by atoms with Gasteiger partial charge < -0.3 is 10.8 Å². The van der Waals surface area contributed by atoms with Gasteiger partial charge in [0.15, 0.2) is 0 Å². The average molecular weight is 233 g/mol. The lowest BCUT2D eigenvalue weighted by Crippen LogP contribution is -2.28. The fourth-order valence-corrected chi connectivity index (χ4v) is 1.51. The van der Waals surface area contributed by atoms with Gasteiger partial charge in [0.1, 0.15) is 11.8 Å². The normalized spacial score (nSPS) is 13.8. The smallest absolute Gasteiger partial charge is 0.407 e. The summed E-state index contributed by atoms with van der Waals surface area (Å²) >= 11 is 0. The number of phenolic OH excluding ortho intramolecular Hbond substituents is 1. The summed E-state index contributed by atoms with van der Waals surface area (Å²) < 4.78 is 37.2. The highest BCUT2D eigenvalue weighted by Gasteiger charge is 2.39. The Hall–Kier alpha value is -1.23. The summed E-state index contributed by atoms with van der Waals surface area (Å²) in [7, 11) is 0. The van der Waals surface area contributed by atoms with Gasteiger partial charge in [-0.05, 0) is 12.0 Å². The van der Waals surface area contributed by atoms with Crippen LogP contribution in [0.2, 0.25) is 0 Å². The van der Waals surface area contributed by atoms with Crippen molar-refractivity contribution in [2.45, 2.75) is 32.0 Å². The molecule has 1 aromatic carbocycles. The molecule has 0 aliphatic heterocycles. The van der Waals surface area contributed by atoms with Gasteiger partial charge in [0, 0.05) is 5.56 Å². The predicted molar refractivity (Wildman–Crippen MR) is 55.1 cm³/mol. The molecule has 0 aliphatic rings. The Bertz CT molecular complexity index is 363. The van der Waals surface area contributed by atoms with Crippen molar-refractivity contribution in [2.24, 2.45) is 5.73 Å². The number of phenols is 1. The van der Waals surface area contributed by atoms with Crippen LogP contribution in [0.1, 0.15) is 30.5 Å². The monoisotopic (exact) mass is 233 g/mol. The summed E-state index contributed by atoms with van der Waals surface area (Å²) in [4.78, 5) is 0. The molecule has 1 aromatic rings. The number of nitrogens with two attached hydrogens (primary N) is 1. The van der Waals surface area contributed by atoms with Crippen molar-refractivity contribution in [3.8, 4) is 5.75 Å². The summed E-state index contributed by atoms with van der Waals surface area (Å²) in [5.74, 6) is -0.339. The highest BCUT2D eigenvalue weighted by Crippen LogP contribution is 2.36. The first-order valence-corrected chi connectivity index (χ1v) is 5.01. The number of halogens is 3. The van der Waals surface area contributed by atoms with Crippen LogP contribution in [-0.4, -0.2) is 11.3 Å². The van der Waals surface area contributed by atoms with Crippen LogP contribution in [0.25, 0.3) is 0 Å². The van der Waals surface area contributed by atoms with E-state index in [1.807, 2.05) is 6.92 Å². The van der Waals surface area contributed by atoms with E-state index >= 15 is 0 Å². The number of rotatable bonds is 3. The second kappa shape index (κ2) is 4.74. The van der Waals surface area contributed by atoms with Crippen LogP contribution in [0.4, 0.5) is 13.2 Å². The van der Waals surface area contributed by atoms with Crippen LogP contribution in [0.15, 0.2) is 18.2 Å². The van der Waals surface area contributed by atoms with Crippen molar-refractivity contribution in [2.75, 3.05) is 0 Å². The van der Waals surface area contributed by atoms with Gasteiger partial charge in [0.25, 0.3) is 0 Å². The summed E-state index contributed by atoms with van der Waals surface area (Å²) in [5, 5.41) is 9.67. The van der Waals surface area contributed by atoms with Crippen LogP contribution in [0, 0.1) is 0 Å². The zero-order valence-corrected chi connectivity index (χ0v) is 8.88. The number of hydrogen-bond acceptors (Lipinski definition) is 2. The molecule has 0 amide bonds. The van der Waals surface area contributed by atoms with Gasteiger partial charge in [0.2, 0.25) is 0 Å². The summed E-state index contributed by atoms with van der Waals surface area (Å²) in [6, 6.07) is 2.15. The lowest BCUT2D eigenvalue weighted by molar-refractivity contribution is -0.149. The highest BCUT2D eigenvalue weighted by molar-refractivity contribution is 5.42. The maximum absolute atomic E-state index is 12.4. The maximum atomic E-state index is 12.4. The van der Waals surface area contributed by atoms with Crippen molar-refractivity contribution in [3.63, 3.8) is 0 Å². The molecular weight excluding hydrogens is 219 g/mol. The van der Waals surface area contributed by atoms with Gasteiger partial charge in [-0.25, -0.2) is 0 Å². The fourth-order valence-electron chi connectivity index (χ4n) is 1.51. The number of benzene rings is 1. The van der Waals surface area contributed by atoms with E-state index < -0.39 is 12.2 Å². The largest absolute Gasteiger partial charge is 0.507 e. The van der Waals surface area contributed by atoms with Crippen LogP contribution < -0.4 is 5.73 Å². The van der Waals surface area contributed by atoms with Crippen LogP contribution >= 0.6 is 0 Å². The first-order valence-electron chi connectivity index (χ1n) is 5.01. The van der Waals surface area contributed by atoms with Crippen LogP contribution in [-0.2, 0) is 6.42 Å². The molecule has 1 rings (SSSR count). The van der Waals surface area contributed by atoms with Crippen LogP contribution in [0.5, 0.6) is 5.75 Å². The Balaban J connectivity index is 3.10. The maximum Gasteiger partial charge on any atom is 0.407 e. The molecule has 1 atom stereocenters. The van der Waals surface area contributed by atoms with Crippen molar-refractivity contribution in [1.82, 2.24) is 0 Å². The molecule has 0 heterocycles. The third-order valence-corrected chi connectivity index (χ3v) is 2.36. The first kappa shape index (κ1) is 12.8. The number of aromatic hydroxyl groups is 1. The second-order valence-corrected chi connectivity index (χ2v) is 3.62. The van der Waals surface area contributed by atoms with Gasteiger partial charge in [-0.2, -0.15) is 13.2 Å². The molecule has 2 nitrogen and oxygen atoms in total. The van der Waals surface area contributed by atoms with Crippen molar-refractivity contribution in [3.05, 3.63) is 29.3 Å². The van der Waals surface area contributed by atoms with E-state index in [4.69, 9.17) is 5.73 Å². The molecule has 0 spiro atoms. The average Bonchev–Trinajstić information content (AvgIpc) is 2.19. The van der Waals surface area contributed by atoms with E-state index in [1.54, 1.807) is 6.07 Å². The van der Waals surface area contributed by atoms with E-state index in [-0.39, 0.29) is 11.3 Å². The summed E-state index contributed by atoms with van der Waals surface area (Å²) in [6.07, 6.45) is -3.26. The molecular formula is C11H14F3NO. The first-order chi connectivity index (χ1) is 7.38. The highest BCUT2D eigenvalue weighted by atomic mass is 19.4. The van der Waals surface area contributed by atoms with E-state index in [1.165, 1.54) is 12.1 Å². The molecule has 3 N–H and O–H groups in total. The Morgan fingerprint density at radius 2 is 2.00 bits per heavy atom. The topological polar surface area (TPSA) is 46.2 Å². The SMILES string of the molecule is CCCc1cccc([C@H](N)C(F)(F)F)c1O. The van der Waals surface area contributed by atoms with E-state index in [0.29, 0.717) is 12.0 Å². The van der Waals surface area contributed by atoms with E-state index in [0.717, 1.165) is 6.42 Å². The standard InChI is InChI=1S/C11H14F3NO/c1-2-4-7-5-3-6-8(9(7)16)10(15)11(12,13)14/h3,5-6,10,16H,2,4,15H2,1H3/t10-/m0/s1. The molecule has 5 heteroatoms. The summed E-state index contributed by atoms with van der Waals surface area (Å²) in [5.41, 5.74) is 5.29. The Kier molecular flexibility index (Phi) is 3.80. The van der Waals surface area contributed by atoms with Gasteiger partial charge in [-0.3, -0.25) is 0 Å². The van der Waals surface area contributed by atoms with Crippen molar-refractivity contribution in [1.29, 1.82) is 0 Å². The predicted octanol–water partition coefficient (Wildman–Crippen LogP) is 2.91. The number of hydrogen-bond donors (Lipinski definition) is 2. The zero-order valence-electron chi connectivity index (χ0n) is 8.88. The number of alkyl halides is 3. The minimum atomic E-state index is -4.54. The quantitative estimate of drug-likeness (QED) is 0.843. The third kappa shape index (κ3) is 2.66. The lowest BCUT2D eigenvalue weighted by atomic mass is 10.00. The molecule has 0 fully saturated rings. The van der Waals surface area contributed by atoms with Crippen molar-refractivity contribution < 1.29 is 18.3 Å². The molecule has 0 bridgehead atoms. The molecule has 0 unspecified atom stereocenters. The molecule has 0 aliphatic carbocycles. The zero-order chi connectivity index (χ0) is 12.3. The molecule has 90 valence electrons. The van der Waals surface area contributed by atoms with Crippen molar-refractivity contribution >= 4 is 0 Å². The molecule has 0 aromatic heterocycles. The number of para-hydroxylation sites is 1. The Morgan fingerprint density at radius 1 is 1.38 bits per heavy atom. The van der Waals surface area contributed by atoms with Crippen LogP contribution in [0.3, 0.4) is 0 Å². The number of aryl methyl sites for hydroxylation is 1. The Morgan fingerprint density at radius 3 is 2.50 bits per heavy atom.